The number of hydrogen-bond acceptors (Lipinski definition) is 5. The van der Waals surface area contributed by atoms with Crippen LogP contribution in [-0.4, -0.2) is 52.8 Å². The highest BCUT2D eigenvalue weighted by Crippen LogP contribution is 2.60. The first-order valence-electron chi connectivity index (χ1n) is 7.24. The summed E-state index contributed by atoms with van der Waals surface area (Å²) in [6.07, 6.45) is 2.16. The van der Waals surface area contributed by atoms with Crippen LogP contribution in [0.5, 0.6) is 5.75 Å². The second kappa shape index (κ2) is 4.92. The van der Waals surface area contributed by atoms with Gasteiger partial charge in [0.2, 0.25) is 0 Å². The molecule has 2 atom stereocenters. The largest absolute Gasteiger partial charge is 0.535 e. The second-order valence-electron chi connectivity index (χ2n) is 6.00. The summed E-state index contributed by atoms with van der Waals surface area (Å²) in [5.74, 6) is -0.339. The lowest BCUT2D eigenvalue weighted by atomic mass is 9.77. The van der Waals surface area contributed by atoms with Gasteiger partial charge in [-0.25, -0.2) is 4.79 Å². The maximum Gasteiger partial charge on any atom is 0.526 e. The summed E-state index contributed by atoms with van der Waals surface area (Å²) >= 11 is 1.51. The Morgan fingerprint density at radius 2 is 2.27 bits per heavy atom. The van der Waals surface area contributed by atoms with Gasteiger partial charge in [-0.1, -0.05) is 6.07 Å². The normalized spacial score (nSPS) is 25.7. The highest BCUT2D eigenvalue weighted by atomic mass is 32.2. The molecule has 0 aromatic heterocycles. The molecule has 0 bridgehead atoms. The Morgan fingerprint density at radius 1 is 1.50 bits per heavy atom. The molecule has 4 rings (SSSR count). The molecule has 2 fully saturated rings. The SMILES string of the molecule is N=CN1CC(Sc2ccc3c(c2C(=O)O)OB(O)C2CC32)C1. The van der Waals surface area contributed by atoms with E-state index in [1.54, 1.807) is 0 Å². The van der Waals surface area contributed by atoms with E-state index < -0.39 is 13.1 Å². The summed E-state index contributed by atoms with van der Waals surface area (Å²) in [6, 6.07) is 3.80. The summed E-state index contributed by atoms with van der Waals surface area (Å²) in [4.78, 5) is 14.2. The summed E-state index contributed by atoms with van der Waals surface area (Å²) in [6.45, 7) is 1.50. The standard InChI is InChI=1S/C14H15BN2O4S/c16-6-17-4-7(5-17)22-11-2-1-8-9-3-10(9)15(20)21-13(8)12(11)14(18)19/h1-2,6-7,9-10,16,20H,3-5H2,(H,18,19). The molecular weight excluding hydrogens is 303 g/mol. The van der Waals surface area contributed by atoms with E-state index in [4.69, 9.17) is 10.1 Å². The summed E-state index contributed by atoms with van der Waals surface area (Å²) in [5.41, 5.74) is 1.08. The number of aromatic carboxylic acids is 1. The molecule has 1 saturated carbocycles. The van der Waals surface area contributed by atoms with Crippen molar-refractivity contribution in [1.82, 2.24) is 4.90 Å². The van der Waals surface area contributed by atoms with E-state index in [1.807, 2.05) is 17.0 Å². The van der Waals surface area contributed by atoms with Crippen LogP contribution in [0.2, 0.25) is 5.82 Å². The van der Waals surface area contributed by atoms with E-state index in [0.29, 0.717) is 10.6 Å². The van der Waals surface area contributed by atoms with Crippen molar-refractivity contribution in [3.63, 3.8) is 0 Å². The van der Waals surface area contributed by atoms with Gasteiger partial charge >= 0.3 is 13.1 Å². The van der Waals surface area contributed by atoms with Gasteiger partial charge in [-0.15, -0.1) is 11.8 Å². The van der Waals surface area contributed by atoms with Gasteiger partial charge in [-0.3, -0.25) is 5.41 Å². The molecule has 1 aliphatic carbocycles. The third kappa shape index (κ3) is 2.09. The molecule has 2 heterocycles. The third-order valence-electron chi connectivity index (χ3n) is 4.56. The number of rotatable bonds is 4. The molecule has 1 saturated heterocycles. The fraction of sp³-hybridized carbons (Fsp3) is 0.429. The maximum atomic E-state index is 11.7. The van der Waals surface area contributed by atoms with Crippen LogP contribution in [0.4, 0.5) is 0 Å². The van der Waals surface area contributed by atoms with Gasteiger partial charge in [0.05, 0.1) is 6.34 Å². The molecule has 1 aromatic rings. The van der Waals surface area contributed by atoms with Crippen molar-refractivity contribution in [3.05, 3.63) is 23.3 Å². The number of benzene rings is 1. The fourth-order valence-corrected chi connectivity index (χ4v) is 4.56. The van der Waals surface area contributed by atoms with Crippen molar-refractivity contribution in [2.24, 2.45) is 0 Å². The third-order valence-corrected chi connectivity index (χ3v) is 5.79. The molecule has 0 radical (unpaired) electrons. The number of carboxylic acids is 1. The highest BCUT2D eigenvalue weighted by molar-refractivity contribution is 8.00. The minimum atomic E-state index is -1.02. The smallest absolute Gasteiger partial charge is 0.526 e. The predicted molar refractivity (Wildman–Crippen MR) is 83.1 cm³/mol. The summed E-state index contributed by atoms with van der Waals surface area (Å²) < 4.78 is 5.51. The van der Waals surface area contributed by atoms with Gasteiger partial charge in [0.15, 0.2) is 0 Å². The Morgan fingerprint density at radius 3 is 2.95 bits per heavy atom. The number of thioether (sulfide) groups is 1. The van der Waals surface area contributed by atoms with Crippen LogP contribution in [0.1, 0.15) is 28.3 Å². The second-order valence-corrected chi connectivity index (χ2v) is 7.34. The van der Waals surface area contributed by atoms with Crippen molar-refractivity contribution >= 4 is 31.2 Å². The molecule has 1 aromatic carbocycles. The molecular formula is C14H15BN2O4S. The van der Waals surface area contributed by atoms with Crippen LogP contribution >= 0.6 is 11.8 Å². The summed E-state index contributed by atoms with van der Waals surface area (Å²) in [5, 5.41) is 26.9. The first-order valence-corrected chi connectivity index (χ1v) is 8.12. The Kier molecular flexibility index (Phi) is 3.12. The quantitative estimate of drug-likeness (QED) is 0.442. The lowest BCUT2D eigenvalue weighted by Crippen LogP contribution is -2.47. The molecule has 3 aliphatic rings. The van der Waals surface area contributed by atoms with Crippen molar-refractivity contribution in [1.29, 1.82) is 5.41 Å². The van der Waals surface area contributed by atoms with E-state index in [-0.39, 0.29) is 22.5 Å². The molecule has 6 nitrogen and oxygen atoms in total. The minimum Gasteiger partial charge on any atom is -0.535 e. The van der Waals surface area contributed by atoms with Gasteiger partial charge in [-0.05, 0) is 24.0 Å². The molecule has 114 valence electrons. The van der Waals surface area contributed by atoms with Crippen LogP contribution in [-0.2, 0) is 0 Å². The van der Waals surface area contributed by atoms with Crippen molar-refractivity contribution in [2.45, 2.75) is 28.3 Å². The Labute approximate surface area is 132 Å². The number of carboxylic acid groups (broad SMARTS) is 1. The zero-order valence-corrected chi connectivity index (χ0v) is 12.5. The zero-order valence-electron chi connectivity index (χ0n) is 11.7. The molecule has 2 unspecified atom stereocenters. The van der Waals surface area contributed by atoms with Crippen molar-refractivity contribution in [2.75, 3.05) is 13.1 Å². The van der Waals surface area contributed by atoms with Gasteiger partial charge in [0, 0.05) is 29.1 Å². The first kappa shape index (κ1) is 14.0. The average molecular weight is 318 g/mol. The van der Waals surface area contributed by atoms with E-state index in [9.17, 15) is 14.9 Å². The lowest BCUT2D eigenvalue weighted by molar-refractivity contribution is 0.0690. The van der Waals surface area contributed by atoms with Crippen molar-refractivity contribution in [3.8, 4) is 5.75 Å². The Balaban J connectivity index is 1.66. The molecule has 0 amide bonds. The first-order chi connectivity index (χ1) is 10.6. The molecule has 3 N–H and O–H groups in total. The highest BCUT2D eigenvalue weighted by Gasteiger charge is 2.54. The number of likely N-dealkylation sites (tertiary alicyclic amines) is 1. The van der Waals surface area contributed by atoms with Gasteiger partial charge in [0.25, 0.3) is 0 Å². The van der Waals surface area contributed by atoms with Crippen LogP contribution in [0.3, 0.4) is 0 Å². The van der Waals surface area contributed by atoms with Crippen molar-refractivity contribution < 1.29 is 19.6 Å². The predicted octanol–water partition coefficient (Wildman–Crippen LogP) is 1.50. The van der Waals surface area contributed by atoms with Crippen LogP contribution in [0, 0.1) is 5.41 Å². The number of fused-ring (bicyclic) bond motifs is 3. The molecule has 0 spiro atoms. The molecule has 22 heavy (non-hydrogen) atoms. The van der Waals surface area contributed by atoms with Crippen LogP contribution < -0.4 is 4.65 Å². The average Bonchev–Trinajstić information content (AvgIpc) is 3.22. The van der Waals surface area contributed by atoms with Crippen LogP contribution in [0.15, 0.2) is 17.0 Å². The topological polar surface area (TPSA) is 93.9 Å². The molecule has 2 aliphatic heterocycles. The monoisotopic (exact) mass is 318 g/mol. The number of nitrogens with zero attached hydrogens (tertiary/aromatic N) is 1. The van der Waals surface area contributed by atoms with Gasteiger partial charge < -0.3 is 19.7 Å². The maximum absolute atomic E-state index is 11.7. The molecule has 8 heteroatoms. The number of nitrogens with one attached hydrogen (secondary N) is 1. The Hall–Kier alpha value is -1.67. The Bertz CT molecular complexity index is 664. The van der Waals surface area contributed by atoms with E-state index in [1.165, 1.54) is 18.1 Å². The zero-order chi connectivity index (χ0) is 15.4. The number of hydrogen-bond donors (Lipinski definition) is 3. The van der Waals surface area contributed by atoms with E-state index in [2.05, 4.69) is 0 Å². The minimum absolute atomic E-state index is 0.112. The van der Waals surface area contributed by atoms with Gasteiger partial charge in [-0.2, -0.15) is 0 Å². The fourth-order valence-electron chi connectivity index (χ4n) is 3.23. The van der Waals surface area contributed by atoms with E-state index in [0.717, 1.165) is 25.1 Å². The lowest BCUT2D eigenvalue weighted by Gasteiger charge is -2.37. The van der Waals surface area contributed by atoms with E-state index >= 15 is 0 Å². The number of carbonyl (C=O) groups is 1. The van der Waals surface area contributed by atoms with Gasteiger partial charge in [0.1, 0.15) is 11.3 Å². The van der Waals surface area contributed by atoms with Crippen LogP contribution in [0.25, 0.3) is 0 Å². The summed E-state index contributed by atoms with van der Waals surface area (Å²) in [7, 11) is -0.895.